The number of benzene rings is 1. The average molecular weight is 449 g/mol. The molecule has 1 aromatic heterocycles. The van der Waals surface area contributed by atoms with Crippen molar-refractivity contribution >= 4 is 39.0 Å². The first-order chi connectivity index (χ1) is 13.5. The van der Waals surface area contributed by atoms with Gasteiger partial charge in [-0.25, -0.2) is 13.4 Å². The topological polar surface area (TPSA) is 104 Å². The van der Waals surface area contributed by atoms with Crippen molar-refractivity contribution in [1.82, 2.24) is 15.5 Å². The maximum absolute atomic E-state index is 12.7. The number of sulfone groups is 1. The summed E-state index contributed by atoms with van der Waals surface area (Å²) in [6.07, 6.45) is -4.16. The number of carbonyl (C=O) groups is 1. The second-order valence-corrected chi connectivity index (χ2v) is 9.30. The van der Waals surface area contributed by atoms with Gasteiger partial charge >= 0.3 is 6.18 Å². The molecular formula is C17H16ClF3N4O3S. The fraction of sp³-hybridized carbons (Fsp3) is 0.353. The van der Waals surface area contributed by atoms with Gasteiger partial charge in [-0.1, -0.05) is 11.6 Å². The van der Waals surface area contributed by atoms with E-state index in [0.29, 0.717) is 17.5 Å². The Labute approximate surface area is 169 Å². The lowest BCUT2D eigenvalue weighted by molar-refractivity contribution is -0.141. The highest BCUT2D eigenvalue weighted by Gasteiger charge is 2.33. The van der Waals surface area contributed by atoms with E-state index in [9.17, 15) is 26.4 Å². The van der Waals surface area contributed by atoms with Crippen LogP contribution in [-0.4, -0.2) is 41.9 Å². The first-order valence-electron chi connectivity index (χ1n) is 8.49. The summed E-state index contributed by atoms with van der Waals surface area (Å²) in [6, 6.07) is 6.69. The van der Waals surface area contributed by atoms with Gasteiger partial charge in [0.1, 0.15) is 11.5 Å². The molecular weight excluding hydrogens is 433 g/mol. The number of halogens is 4. The lowest BCUT2D eigenvalue weighted by Gasteiger charge is -2.12. The summed E-state index contributed by atoms with van der Waals surface area (Å²) >= 11 is 5.79. The molecule has 0 aliphatic carbocycles. The summed E-state index contributed by atoms with van der Waals surface area (Å²) in [5.41, 5.74) is -0.817. The Kier molecular flexibility index (Phi) is 5.99. The molecule has 29 heavy (non-hydrogen) atoms. The molecule has 1 amide bonds. The number of nitrogens with one attached hydrogen (secondary N) is 2. The summed E-state index contributed by atoms with van der Waals surface area (Å²) in [4.78, 5) is 16.5. The molecule has 0 radical (unpaired) electrons. The molecule has 2 aromatic rings. The molecule has 1 atom stereocenters. The molecule has 3 rings (SSSR count). The molecule has 1 aromatic carbocycles. The smallest absolute Gasteiger partial charge is 0.310 e. The minimum absolute atomic E-state index is 0.0245. The van der Waals surface area contributed by atoms with E-state index in [2.05, 4.69) is 15.4 Å². The quantitative estimate of drug-likeness (QED) is 0.552. The number of amides is 1. The SMILES string of the molecule is O=C(NC(CC1CCS(=O)(=O)C1)=Nc1cc(C(F)(F)F)[nH]n1)c1ccc(Cl)cc1. The van der Waals surface area contributed by atoms with Crippen molar-refractivity contribution in [3.63, 3.8) is 0 Å². The zero-order valence-corrected chi connectivity index (χ0v) is 16.4. The Morgan fingerprint density at radius 3 is 2.55 bits per heavy atom. The number of hydrogen-bond acceptors (Lipinski definition) is 5. The number of alkyl halides is 3. The van der Waals surface area contributed by atoms with E-state index >= 15 is 0 Å². The van der Waals surface area contributed by atoms with Crippen molar-refractivity contribution in [2.75, 3.05) is 11.5 Å². The highest BCUT2D eigenvalue weighted by atomic mass is 35.5. The molecule has 156 valence electrons. The molecule has 1 aliphatic heterocycles. The predicted octanol–water partition coefficient (Wildman–Crippen LogP) is 3.37. The third-order valence-electron chi connectivity index (χ3n) is 4.29. The number of aliphatic imine (C=N–C) groups is 1. The maximum atomic E-state index is 12.7. The fourth-order valence-electron chi connectivity index (χ4n) is 2.89. The molecule has 1 unspecified atom stereocenters. The van der Waals surface area contributed by atoms with Gasteiger partial charge in [0.25, 0.3) is 5.91 Å². The third kappa shape index (κ3) is 5.80. The number of amidine groups is 1. The summed E-state index contributed by atoms with van der Waals surface area (Å²) in [7, 11) is -3.17. The molecule has 1 aliphatic rings. The molecule has 0 bridgehead atoms. The Morgan fingerprint density at radius 1 is 1.31 bits per heavy atom. The van der Waals surface area contributed by atoms with E-state index in [0.717, 1.165) is 0 Å². The van der Waals surface area contributed by atoms with E-state index in [1.54, 1.807) is 0 Å². The zero-order chi connectivity index (χ0) is 21.2. The third-order valence-corrected chi connectivity index (χ3v) is 6.38. The van der Waals surface area contributed by atoms with Crippen LogP contribution in [0.5, 0.6) is 0 Å². The van der Waals surface area contributed by atoms with E-state index in [-0.39, 0.29) is 41.1 Å². The molecule has 12 heteroatoms. The van der Waals surface area contributed by atoms with Gasteiger partial charge < -0.3 is 5.32 Å². The van der Waals surface area contributed by atoms with Crippen LogP contribution in [0.4, 0.5) is 19.0 Å². The largest absolute Gasteiger partial charge is 0.432 e. The average Bonchev–Trinajstić information content (AvgIpc) is 3.21. The van der Waals surface area contributed by atoms with Gasteiger partial charge in [-0.3, -0.25) is 9.89 Å². The van der Waals surface area contributed by atoms with E-state index in [1.165, 1.54) is 24.3 Å². The van der Waals surface area contributed by atoms with Crippen molar-refractivity contribution < 1.29 is 26.4 Å². The lowest BCUT2D eigenvalue weighted by Crippen LogP contribution is -2.32. The van der Waals surface area contributed by atoms with Gasteiger partial charge in [0.05, 0.1) is 11.5 Å². The molecule has 0 spiro atoms. The monoisotopic (exact) mass is 448 g/mol. The first kappa shape index (κ1) is 21.3. The van der Waals surface area contributed by atoms with Crippen molar-refractivity contribution in [2.24, 2.45) is 10.9 Å². The fourth-order valence-corrected chi connectivity index (χ4v) is 4.88. The Bertz CT molecular complexity index is 1030. The molecule has 0 saturated carbocycles. The maximum Gasteiger partial charge on any atom is 0.432 e. The van der Waals surface area contributed by atoms with Gasteiger partial charge in [0.15, 0.2) is 15.7 Å². The van der Waals surface area contributed by atoms with Crippen LogP contribution < -0.4 is 5.32 Å². The van der Waals surface area contributed by atoms with Crippen molar-refractivity contribution in [1.29, 1.82) is 0 Å². The molecule has 1 saturated heterocycles. The van der Waals surface area contributed by atoms with Gasteiger partial charge in [-0.05, 0) is 36.6 Å². The van der Waals surface area contributed by atoms with Crippen LogP contribution in [0, 0.1) is 5.92 Å². The van der Waals surface area contributed by atoms with Crippen LogP contribution in [0.25, 0.3) is 0 Å². The van der Waals surface area contributed by atoms with Gasteiger partial charge in [-0.15, -0.1) is 0 Å². The van der Waals surface area contributed by atoms with Crippen LogP contribution in [0.1, 0.15) is 28.9 Å². The Hall–Kier alpha value is -2.40. The molecule has 7 nitrogen and oxygen atoms in total. The number of rotatable bonds is 4. The van der Waals surface area contributed by atoms with Gasteiger partial charge in [0.2, 0.25) is 0 Å². The van der Waals surface area contributed by atoms with E-state index in [4.69, 9.17) is 11.6 Å². The van der Waals surface area contributed by atoms with E-state index < -0.39 is 27.6 Å². The lowest BCUT2D eigenvalue weighted by atomic mass is 10.0. The minimum atomic E-state index is -4.62. The zero-order valence-electron chi connectivity index (χ0n) is 14.8. The van der Waals surface area contributed by atoms with Crippen LogP contribution >= 0.6 is 11.6 Å². The van der Waals surface area contributed by atoms with Gasteiger partial charge in [0, 0.05) is 23.1 Å². The number of carbonyl (C=O) groups excluding carboxylic acids is 1. The second-order valence-electron chi connectivity index (χ2n) is 6.63. The summed E-state index contributed by atoms with van der Waals surface area (Å²) < 4.78 is 61.6. The van der Waals surface area contributed by atoms with Crippen LogP contribution in [0.15, 0.2) is 35.3 Å². The van der Waals surface area contributed by atoms with Crippen LogP contribution in [0.2, 0.25) is 5.02 Å². The Balaban J connectivity index is 1.83. The van der Waals surface area contributed by atoms with E-state index in [1.807, 2.05) is 5.10 Å². The highest BCUT2D eigenvalue weighted by Crippen LogP contribution is 2.30. The molecule has 2 heterocycles. The van der Waals surface area contributed by atoms with Crippen molar-refractivity contribution in [3.05, 3.63) is 46.6 Å². The standard InChI is InChI=1S/C17H16ClF3N4O3S/c18-12-3-1-11(2-4-12)16(26)23-14(7-10-5-6-29(27,28)9-10)22-15-8-13(24-25-15)17(19,20)21/h1-4,8,10H,5-7,9H2,(H2,22,23,24,25,26). The number of nitrogens with zero attached hydrogens (tertiary/aromatic N) is 2. The predicted molar refractivity (Wildman–Crippen MR) is 101 cm³/mol. The van der Waals surface area contributed by atoms with Crippen molar-refractivity contribution in [2.45, 2.75) is 19.0 Å². The summed E-state index contributed by atoms with van der Waals surface area (Å²) in [5, 5.41) is 8.32. The number of hydrogen-bond donors (Lipinski definition) is 2. The molecule has 1 fully saturated rings. The van der Waals surface area contributed by atoms with Crippen molar-refractivity contribution in [3.8, 4) is 0 Å². The van der Waals surface area contributed by atoms with Crippen LogP contribution in [0.3, 0.4) is 0 Å². The van der Waals surface area contributed by atoms with Gasteiger partial charge in [-0.2, -0.15) is 18.3 Å². The summed E-state index contributed by atoms with van der Waals surface area (Å²) in [5.74, 6) is -1.14. The Morgan fingerprint density at radius 2 is 2.00 bits per heavy atom. The molecule has 2 N–H and O–H groups in total. The highest BCUT2D eigenvalue weighted by molar-refractivity contribution is 7.91. The first-order valence-corrected chi connectivity index (χ1v) is 10.7. The normalized spacial score (nSPS) is 19.3. The number of aromatic nitrogens is 2. The summed E-state index contributed by atoms with van der Waals surface area (Å²) in [6.45, 7) is 0. The van der Waals surface area contributed by atoms with Crippen LogP contribution in [-0.2, 0) is 16.0 Å². The number of H-pyrrole nitrogens is 1. The second kappa shape index (κ2) is 8.15. The minimum Gasteiger partial charge on any atom is -0.310 e. The number of aromatic amines is 1.